The summed E-state index contributed by atoms with van der Waals surface area (Å²) in [5.41, 5.74) is 2.72. The van der Waals surface area contributed by atoms with Crippen LogP contribution in [-0.4, -0.2) is 36.6 Å². The fraction of sp³-hybridized carbons (Fsp3) is 0.368. The van der Waals surface area contributed by atoms with Crippen molar-refractivity contribution < 1.29 is 9.53 Å². The largest absolute Gasteiger partial charge is 0.491 e. The highest BCUT2D eigenvalue weighted by Crippen LogP contribution is 2.26. The molecule has 0 radical (unpaired) electrons. The first kappa shape index (κ1) is 20.4. The summed E-state index contributed by atoms with van der Waals surface area (Å²) in [5, 5.41) is 8.86. The minimum absolute atomic E-state index is 0. The van der Waals surface area contributed by atoms with Crippen molar-refractivity contribution in [2.75, 3.05) is 19.6 Å². The van der Waals surface area contributed by atoms with Crippen LogP contribution in [0.15, 0.2) is 41.3 Å². The van der Waals surface area contributed by atoms with Crippen molar-refractivity contribution in [3.63, 3.8) is 0 Å². The van der Waals surface area contributed by atoms with Crippen LogP contribution >= 0.6 is 23.7 Å². The molecule has 5 nitrogen and oxygen atoms in total. The zero-order valence-electron chi connectivity index (χ0n) is 15.0. The molecule has 1 aliphatic rings. The van der Waals surface area contributed by atoms with E-state index in [4.69, 9.17) is 4.74 Å². The van der Waals surface area contributed by atoms with Gasteiger partial charge >= 0.3 is 0 Å². The summed E-state index contributed by atoms with van der Waals surface area (Å²) in [6.07, 6.45) is 3.26. The molecule has 0 unspecified atom stereocenters. The normalized spacial score (nSPS) is 13.7. The Morgan fingerprint density at radius 2 is 2.12 bits per heavy atom. The van der Waals surface area contributed by atoms with E-state index >= 15 is 0 Å². The van der Waals surface area contributed by atoms with Gasteiger partial charge in [0.2, 0.25) is 0 Å². The highest BCUT2D eigenvalue weighted by Gasteiger charge is 2.13. The summed E-state index contributed by atoms with van der Waals surface area (Å²) in [5.74, 6) is 0.713. The van der Waals surface area contributed by atoms with Gasteiger partial charge in [0.25, 0.3) is 5.91 Å². The van der Waals surface area contributed by atoms with Crippen LogP contribution in [0, 0.1) is 0 Å². The minimum Gasteiger partial charge on any atom is -0.491 e. The molecular formula is C19H24ClN3O2S. The van der Waals surface area contributed by atoms with Gasteiger partial charge in [-0.25, -0.2) is 4.98 Å². The van der Waals surface area contributed by atoms with E-state index in [-0.39, 0.29) is 24.4 Å². The van der Waals surface area contributed by atoms with Gasteiger partial charge in [-0.05, 0) is 51.1 Å². The van der Waals surface area contributed by atoms with Crippen LogP contribution < -0.4 is 15.4 Å². The third kappa shape index (κ3) is 5.56. The molecule has 1 aromatic heterocycles. The van der Waals surface area contributed by atoms with E-state index < -0.39 is 0 Å². The first-order valence-corrected chi connectivity index (χ1v) is 9.39. The lowest BCUT2D eigenvalue weighted by molar-refractivity contribution is 0.0952. The van der Waals surface area contributed by atoms with Gasteiger partial charge in [0.15, 0.2) is 0 Å². The Kier molecular flexibility index (Phi) is 7.63. The van der Waals surface area contributed by atoms with Crippen LogP contribution in [0.2, 0.25) is 0 Å². The van der Waals surface area contributed by atoms with Gasteiger partial charge in [0, 0.05) is 24.0 Å². The molecule has 2 N–H and O–H groups in total. The number of halogens is 1. The molecule has 0 spiro atoms. The van der Waals surface area contributed by atoms with Crippen LogP contribution in [0.3, 0.4) is 0 Å². The molecule has 0 bridgehead atoms. The second-order valence-corrected chi connectivity index (χ2v) is 7.09. The van der Waals surface area contributed by atoms with Crippen molar-refractivity contribution in [1.82, 2.24) is 15.6 Å². The number of hydrogen-bond acceptors (Lipinski definition) is 5. The lowest BCUT2D eigenvalue weighted by Gasteiger charge is -2.14. The van der Waals surface area contributed by atoms with Crippen molar-refractivity contribution in [3.05, 3.63) is 47.0 Å². The third-order valence-corrected chi connectivity index (χ3v) is 4.74. The van der Waals surface area contributed by atoms with E-state index in [0.717, 1.165) is 35.8 Å². The Morgan fingerprint density at radius 1 is 1.35 bits per heavy atom. The number of rotatable bonds is 6. The fourth-order valence-corrected chi connectivity index (χ4v) is 3.38. The molecule has 1 aromatic carbocycles. The van der Waals surface area contributed by atoms with Gasteiger partial charge in [-0.2, -0.15) is 0 Å². The van der Waals surface area contributed by atoms with Gasteiger partial charge in [-0.3, -0.25) is 4.79 Å². The number of nitrogens with one attached hydrogen (secondary N) is 2. The highest BCUT2D eigenvalue weighted by atomic mass is 35.5. The Balaban J connectivity index is 0.00000243. The molecule has 0 saturated heterocycles. The first-order valence-electron chi connectivity index (χ1n) is 8.51. The quantitative estimate of drug-likeness (QED) is 0.735. The van der Waals surface area contributed by atoms with Gasteiger partial charge in [0.05, 0.1) is 6.10 Å². The number of carbonyl (C=O) groups is 1. The average molecular weight is 394 g/mol. The van der Waals surface area contributed by atoms with Crippen molar-refractivity contribution in [2.45, 2.75) is 26.4 Å². The fourth-order valence-electron chi connectivity index (χ4n) is 2.57. The maximum absolute atomic E-state index is 12.3. The number of benzene rings is 1. The third-order valence-electron chi connectivity index (χ3n) is 3.84. The van der Waals surface area contributed by atoms with E-state index in [1.807, 2.05) is 38.1 Å². The minimum atomic E-state index is -0.123. The van der Waals surface area contributed by atoms with Crippen molar-refractivity contribution >= 4 is 29.7 Å². The predicted molar refractivity (Wildman–Crippen MR) is 108 cm³/mol. The van der Waals surface area contributed by atoms with Crippen molar-refractivity contribution in [2.24, 2.45) is 0 Å². The van der Waals surface area contributed by atoms with E-state index in [1.54, 1.807) is 5.38 Å². The predicted octanol–water partition coefficient (Wildman–Crippen LogP) is 3.67. The van der Waals surface area contributed by atoms with E-state index in [2.05, 4.69) is 21.7 Å². The number of thiazole rings is 1. The standard InChI is InChI=1S/C19H23N3O2S.ClH/c1-13(2)24-16-5-3-15(4-6-16)19-22-17(12-25-19)18(23)21-11-14-7-9-20-10-8-14;/h3-7,12-13,20H,8-11H2,1-2H3,(H,21,23);1H. The number of hydrogen-bond donors (Lipinski definition) is 2. The Morgan fingerprint density at radius 3 is 2.77 bits per heavy atom. The van der Waals surface area contributed by atoms with Crippen LogP contribution in [0.25, 0.3) is 10.6 Å². The molecule has 3 rings (SSSR count). The zero-order chi connectivity index (χ0) is 17.6. The molecule has 140 valence electrons. The van der Waals surface area contributed by atoms with Gasteiger partial charge in [-0.1, -0.05) is 11.6 Å². The van der Waals surface area contributed by atoms with Gasteiger partial charge in [-0.15, -0.1) is 23.7 Å². The molecule has 0 fully saturated rings. The molecule has 26 heavy (non-hydrogen) atoms. The number of aromatic nitrogens is 1. The molecule has 7 heteroatoms. The maximum atomic E-state index is 12.3. The second kappa shape index (κ2) is 9.71. The van der Waals surface area contributed by atoms with Crippen LogP contribution in [0.5, 0.6) is 5.75 Å². The SMILES string of the molecule is CC(C)Oc1ccc(-c2nc(C(=O)NCC3=CCNCC3)cs2)cc1.Cl. The van der Waals surface area contributed by atoms with Crippen LogP contribution in [0.4, 0.5) is 0 Å². The lowest BCUT2D eigenvalue weighted by Crippen LogP contribution is -2.29. The van der Waals surface area contributed by atoms with Crippen LogP contribution in [-0.2, 0) is 0 Å². The topological polar surface area (TPSA) is 63.2 Å². The molecule has 0 saturated carbocycles. The summed E-state index contributed by atoms with van der Waals surface area (Å²) in [6.45, 7) is 6.44. The zero-order valence-corrected chi connectivity index (χ0v) is 16.6. The van der Waals surface area contributed by atoms with E-state index in [1.165, 1.54) is 16.9 Å². The second-order valence-electron chi connectivity index (χ2n) is 6.23. The Hall–Kier alpha value is -1.89. The molecule has 0 aliphatic carbocycles. The van der Waals surface area contributed by atoms with Crippen molar-refractivity contribution in [3.8, 4) is 16.3 Å². The smallest absolute Gasteiger partial charge is 0.271 e. The van der Waals surface area contributed by atoms with Gasteiger partial charge < -0.3 is 15.4 Å². The number of ether oxygens (including phenoxy) is 1. The Labute approximate surface area is 164 Å². The number of carbonyl (C=O) groups excluding carboxylic acids is 1. The molecule has 0 atom stereocenters. The summed E-state index contributed by atoms with van der Waals surface area (Å²) >= 11 is 1.47. The highest BCUT2D eigenvalue weighted by molar-refractivity contribution is 7.13. The summed E-state index contributed by atoms with van der Waals surface area (Å²) < 4.78 is 5.65. The van der Waals surface area contributed by atoms with Gasteiger partial charge in [0.1, 0.15) is 16.5 Å². The maximum Gasteiger partial charge on any atom is 0.271 e. The van der Waals surface area contributed by atoms with E-state index in [0.29, 0.717) is 12.2 Å². The Bertz CT molecular complexity index is 756. The summed E-state index contributed by atoms with van der Waals surface area (Å²) in [6, 6.07) is 7.80. The summed E-state index contributed by atoms with van der Waals surface area (Å²) in [4.78, 5) is 16.7. The van der Waals surface area contributed by atoms with E-state index in [9.17, 15) is 4.79 Å². The molecule has 2 aromatic rings. The first-order chi connectivity index (χ1) is 12.1. The average Bonchev–Trinajstić information content (AvgIpc) is 3.11. The lowest BCUT2D eigenvalue weighted by atomic mass is 10.1. The molecular weight excluding hydrogens is 370 g/mol. The molecule has 1 amide bonds. The van der Waals surface area contributed by atoms with Crippen LogP contribution in [0.1, 0.15) is 30.8 Å². The van der Waals surface area contributed by atoms with Crippen molar-refractivity contribution in [1.29, 1.82) is 0 Å². The summed E-state index contributed by atoms with van der Waals surface area (Å²) in [7, 11) is 0. The number of nitrogens with zero attached hydrogens (tertiary/aromatic N) is 1. The molecule has 2 heterocycles. The molecule has 1 aliphatic heterocycles. The number of amides is 1. The monoisotopic (exact) mass is 393 g/mol.